The molecule has 7 heteroatoms. The summed E-state index contributed by atoms with van der Waals surface area (Å²) < 4.78 is 4.60. The number of aldehydes is 1. The zero-order valence-electron chi connectivity index (χ0n) is 7.95. The number of aliphatic hydroxyl groups is 1. The summed E-state index contributed by atoms with van der Waals surface area (Å²) in [5.74, 6) is 3.79. The first-order valence-electron chi connectivity index (χ1n) is 3.96. The number of hydroxylamine groups is 1. The van der Waals surface area contributed by atoms with Crippen molar-refractivity contribution < 1.29 is 24.6 Å². The number of esters is 1. The standard InChI is InChI=1S/C7H14N2O5/c1-4(2)14-7(12)6(11)5(3-10)9(8)13/h3-6,11,13H,8H2,1-2H3. The Morgan fingerprint density at radius 1 is 1.57 bits per heavy atom. The van der Waals surface area contributed by atoms with Crippen LogP contribution in [0.15, 0.2) is 0 Å². The minimum atomic E-state index is -1.80. The van der Waals surface area contributed by atoms with E-state index in [1.807, 2.05) is 0 Å². The number of carbonyl (C=O) groups is 2. The van der Waals surface area contributed by atoms with Gasteiger partial charge in [-0.3, -0.25) is 5.21 Å². The molecule has 0 aliphatic rings. The van der Waals surface area contributed by atoms with Crippen molar-refractivity contribution in [1.29, 1.82) is 0 Å². The average molecular weight is 206 g/mol. The number of hydrogen-bond donors (Lipinski definition) is 3. The van der Waals surface area contributed by atoms with Crippen LogP contribution in [0.4, 0.5) is 0 Å². The third-order valence-electron chi connectivity index (χ3n) is 1.36. The van der Waals surface area contributed by atoms with E-state index in [2.05, 4.69) is 4.74 Å². The topological polar surface area (TPSA) is 113 Å². The number of rotatable bonds is 5. The van der Waals surface area contributed by atoms with Crippen molar-refractivity contribution in [2.24, 2.45) is 5.84 Å². The van der Waals surface area contributed by atoms with Gasteiger partial charge in [-0.1, -0.05) is 0 Å². The molecule has 0 amide bonds. The first-order valence-corrected chi connectivity index (χ1v) is 3.96. The summed E-state index contributed by atoms with van der Waals surface area (Å²) in [7, 11) is 0. The molecule has 0 fully saturated rings. The lowest BCUT2D eigenvalue weighted by Crippen LogP contribution is -2.50. The number of aliphatic hydroxyl groups excluding tert-OH is 1. The summed E-state index contributed by atoms with van der Waals surface area (Å²) in [5, 5.41) is 17.8. The molecule has 0 spiro atoms. The first kappa shape index (κ1) is 13.0. The van der Waals surface area contributed by atoms with Crippen LogP contribution in [0.3, 0.4) is 0 Å². The van der Waals surface area contributed by atoms with Crippen LogP contribution in [0.25, 0.3) is 0 Å². The summed E-state index contributed by atoms with van der Waals surface area (Å²) in [6.45, 7) is 3.17. The lowest BCUT2D eigenvalue weighted by atomic mass is 10.2. The molecule has 0 radical (unpaired) electrons. The molecule has 0 saturated carbocycles. The van der Waals surface area contributed by atoms with E-state index in [1.54, 1.807) is 13.8 Å². The van der Waals surface area contributed by atoms with E-state index in [1.165, 1.54) is 0 Å². The van der Waals surface area contributed by atoms with Crippen LogP contribution in [-0.4, -0.2) is 46.0 Å². The zero-order chi connectivity index (χ0) is 11.3. The fourth-order valence-corrected chi connectivity index (χ4v) is 0.723. The molecule has 2 atom stereocenters. The van der Waals surface area contributed by atoms with Crippen molar-refractivity contribution in [3.8, 4) is 0 Å². The Kier molecular flexibility index (Phi) is 5.24. The number of ether oxygens (including phenoxy) is 1. The molecule has 14 heavy (non-hydrogen) atoms. The third-order valence-corrected chi connectivity index (χ3v) is 1.36. The summed E-state index contributed by atoms with van der Waals surface area (Å²) in [5.41, 5.74) is 0. The van der Waals surface area contributed by atoms with Gasteiger partial charge in [0.15, 0.2) is 6.10 Å². The highest BCUT2D eigenvalue weighted by molar-refractivity contribution is 5.80. The third kappa shape index (κ3) is 3.79. The molecule has 0 aliphatic carbocycles. The van der Waals surface area contributed by atoms with Gasteiger partial charge in [-0.05, 0) is 13.8 Å². The molecule has 82 valence electrons. The Bertz CT molecular complexity index is 206. The number of nitrogens with zero attached hydrogens (tertiary/aromatic N) is 1. The van der Waals surface area contributed by atoms with E-state index in [0.717, 1.165) is 0 Å². The molecule has 0 aliphatic heterocycles. The Morgan fingerprint density at radius 2 is 2.07 bits per heavy atom. The van der Waals surface area contributed by atoms with Gasteiger partial charge >= 0.3 is 5.97 Å². The normalized spacial score (nSPS) is 15.4. The molecule has 7 nitrogen and oxygen atoms in total. The second-order valence-corrected chi connectivity index (χ2v) is 2.94. The Labute approximate surface area is 81.0 Å². The predicted octanol–water partition coefficient (Wildman–Crippen LogP) is -1.57. The first-order chi connectivity index (χ1) is 6.40. The maximum Gasteiger partial charge on any atom is 0.337 e. The van der Waals surface area contributed by atoms with Gasteiger partial charge in [-0.25, -0.2) is 10.6 Å². The van der Waals surface area contributed by atoms with Crippen LogP contribution in [0, 0.1) is 0 Å². The van der Waals surface area contributed by atoms with Gasteiger partial charge in [0.05, 0.1) is 6.10 Å². The van der Waals surface area contributed by atoms with Gasteiger partial charge in [-0.15, -0.1) is 5.17 Å². The van der Waals surface area contributed by atoms with E-state index in [0.29, 0.717) is 0 Å². The Hall–Kier alpha value is -1.02. The van der Waals surface area contributed by atoms with Gasteiger partial charge < -0.3 is 14.6 Å². The monoisotopic (exact) mass is 206 g/mol. The highest BCUT2D eigenvalue weighted by Crippen LogP contribution is 2.01. The quantitative estimate of drug-likeness (QED) is 0.215. The second kappa shape index (κ2) is 5.66. The van der Waals surface area contributed by atoms with Gasteiger partial charge in [0.1, 0.15) is 12.3 Å². The molecule has 0 aromatic rings. The minimum Gasteiger partial charge on any atom is -0.461 e. The fraction of sp³-hybridized carbons (Fsp3) is 0.714. The number of hydrogen-bond acceptors (Lipinski definition) is 7. The van der Waals surface area contributed by atoms with E-state index in [-0.39, 0.29) is 11.5 Å². The summed E-state index contributed by atoms with van der Waals surface area (Å²) in [4.78, 5) is 21.4. The van der Waals surface area contributed by atoms with E-state index in [9.17, 15) is 14.7 Å². The summed E-state index contributed by atoms with van der Waals surface area (Å²) in [6.07, 6.45) is -2.08. The largest absolute Gasteiger partial charge is 0.461 e. The van der Waals surface area contributed by atoms with E-state index < -0.39 is 24.2 Å². The molecular weight excluding hydrogens is 192 g/mol. The Balaban J connectivity index is 4.34. The van der Waals surface area contributed by atoms with Crippen LogP contribution < -0.4 is 5.84 Å². The van der Waals surface area contributed by atoms with Crippen molar-refractivity contribution in [3.05, 3.63) is 0 Å². The molecular formula is C7H14N2O5. The minimum absolute atomic E-state index is 0.0424. The molecule has 4 N–H and O–H groups in total. The predicted molar refractivity (Wildman–Crippen MR) is 44.9 cm³/mol. The number of carbonyl (C=O) groups excluding carboxylic acids is 2. The highest BCUT2D eigenvalue weighted by Gasteiger charge is 2.31. The maximum atomic E-state index is 11.0. The van der Waals surface area contributed by atoms with Crippen molar-refractivity contribution in [2.45, 2.75) is 32.1 Å². The van der Waals surface area contributed by atoms with Crippen LogP contribution in [-0.2, 0) is 14.3 Å². The van der Waals surface area contributed by atoms with Crippen LogP contribution >= 0.6 is 0 Å². The van der Waals surface area contributed by atoms with Gasteiger partial charge in [-0.2, -0.15) is 0 Å². The molecule has 2 unspecified atom stereocenters. The van der Waals surface area contributed by atoms with Gasteiger partial charge in [0, 0.05) is 0 Å². The Morgan fingerprint density at radius 3 is 2.36 bits per heavy atom. The van der Waals surface area contributed by atoms with Crippen molar-refractivity contribution >= 4 is 12.3 Å². The lowest BCUT2D eigenvalue weighted by molar-refractivity contribution is -0.184. The number of hydrazine groups is 1. The smallest absolute Gasteiger partial charge is 0.337 e. The van der Waals surface area contributed by atoms with Crippen molar-refractivity contribution in [3.63, 3.8) is 0 Å². The van der Waals surface area contributed by atoms with E-state index in [4.69, 9.17) is 11.0 Å². The van der Waals surface area contributed by atoms with Crippen molar-refractivity contribution in [1.82, 2.24) is 5.17 Å². The van der Waals surface area contributed by atoms with E-state index >= 15 is 0 Å². The van der Waals surface area contributed by atoms with Gasteiger partial charge in [0.25, 0.3) is 0 Å². The lowest BCUT2D eigenvalue weighted by Gasteiger charge is -2.21. The molecule has 0 saturated heterocycles. The SMILES string of the molecule is CC(C)OC(=O)C(O)C(C=O)N(N)O. The zero-order valence-corrected chi connectivity index (χ0v) is 7.95. The van der Waals surface area contributed by atoms with Crippen LogP contribution in [0.5, 0.6) is 0 Å². The number of nitrogens with two attached hydrogens (primary N) is 1. The summed E-state index contributed by atoms with van der Waals surface area (Å²) in [6, 6.07) is -1.53. The fourth-order valence-electron chi connectivity index (χ4n) is 0.723. The van der Waals surface area contributed by atoms with Crippen LogP contribution in [0.2, 0.25) is 0 Å². The maximum absolute atomic E-state index is 11.0. The second-order valence-electron chi connectivity index (χ2n) is 2.94. The molecule has 0 bridgehead atoms. The van der Waals surface area contributed by atoms with Crippen molar-refractivity contribution in [2.75, 3.05) is 0 Å². The molecule has 0 rings (SSSR count). The molecule has 0 aromatic heterocycles. The molecule has 0 heterocycles. The highest BCUT2D eigenvalue weighted by atomic mass is 16.6. The summed E-state index contributed by atoms with van der Waals surface area (Å²) >= 11 is 0. The van der Waals surface area contributed by atoms with Gasteiger partial charge in [0.2, 0.25) is 0 Å². The van der Waals surface area contributed by atoms with Crippen LogP contribution in [0.1, 0.15) is 13.8 Å². The molecule has 0 aromatic carbocycles. The average Bonchev–Trinajstić information content (AvgIpc) is 2.03.